The minimum Gasteiger partial charge on any atom is -0.870 e. The number of carbonyl (C=O) groups excluding carboxylic acids is 5. The van der Waals surface area contributed by atoms with Crippen LogP contribution in [0.2, 0.25) is 0 Å². The summed E-state index contributed by atoms with van der Waals surface area (Å²) in [6, 6.07) is 25.1. The van der Waals surface area contributed by atoms with E-state index in [1.54, 1.807) is 27.7 Å². The van der Waals surface area contributed by atoms with Gasteiger partial charge in [-0.3, -0.25) is 14.6 Å². The van der Waals surface area contributed by atoms with Crippen LogP contribution in [0.1, 0.15) is 412 Å². The number of carboxylic acids is 2. The van der Waals surface area contributed by atoms with E-state index in [0.717, 1.165) is 154 Å². The van der Waals surface area contributed by atoms with Gasteiger partial charge in [-0.25, -0.2) is 33.2 Å². The number of amides is 3. The Hall–Kier alpha value is -9.92. The zero-order chi connectivity index (χ0) is 106. The second-order valence-corrected chi connectivity index (χ2v) is 44.9. The number of benzene rings is 7. The smallest absolute Gasteiger partial charge is 0.870 e. The molecule has 4 saturated carbocycles. The molecule has 0 radical (unpaired) electrons. The van der Waals surface area contributed by atoms with Crippen LogP contribution in [0.4, 0.5) is 14.0 Å². The van der Waals surface area contributed by atoms with E-state index in [9.17, 15) is 48.2 Å². The average Bonchev–Trinajstić information content (AvgIpc) is 1.65. The van der Waals surface area contributed by atoms with Crippen molar-refractivity contribution in [3.05, 3.63) is 272 Å². The van der Waals surface area contributed by atoms with Crippen LogP contribution in [-0.4, -0.2) is 108 Å². The molecule has 4 heterocycles. The summed E-state index contributed by atoms with van der Waals surface area (Å²) in [5.41, 5.74) is 24.1. The summed E-state index contributed by atoms with van der Waals surface area (Å²) in [6.07, 6.45) is 36.6. The molecule has 0 bridgehead atoms. The number of allylic oxidation sites excluding steroid dienone is 4. The first-order chi connectivity index (χ1) is 69.2. The van der Waals surface area contributed by atoms with Gasteiger partial charge in [0.05, 0.1) is 35.6 Å². The Morgan fingerprint density at radius 1 is 0.383 bits per heavy atom. The van der Waals surface area contributed by atoms with Crippen molar-refractivity contribution in [2.24, 2.45) is 23.7 Å². The second-order valence-electron chi connectivity index (χ2n) is 44.9. The average molecular weight is 2060 g/mol. The van der Waals surface area contributed by atoms with E-state index in [4.69, 9.17) is 37.9 Å². The number of halogens is 1. The van der Waals surface area contributed by atoms with Gasteiger partial charge in [-0.1, -0.05) is 194 Å². The van der Waals surface area contributed by atoms with Crippen molar-refractivity contribution in [3.8, 4) is 0 Å². The number of nitrogens with one attached hydrogen (secondary N) is 1. The van der Waals surface area contributed by atoms with E-state index in [1.807, 2.05) is 192 Å². The Balaban J connectivity index is 0.000000235. The summed E-state index contributed by atoms with van der Waals surface area (Å²) >= 11 is 0. The fraction of sp³-hybridized carbons (Fsp3) is 0.544. The van der Waals surface area contributed by atoms with Gasteiger partial charge >= 0.3 is 65.6 Å². The predicted molar refractivity (Wildman–Crippen MR) is 586 cm³/mol. The van der Waals surface area contributed by atoms with Crippen molar-refractivity contribution in [2.45, 2.75) is 407 Å². The molecule has 4 aliphatic heterocycles. The summed E-state index contributed by atoms with van der Waals surface area (Å²) in [5.74, 6) is -0.961. The van der Waals surface area contributed by atoms with Gasteiger partial charge in [0.2, 0.25) is 0 Å². The zero-order valence-electron chi connectivity index (χ0n) is 93.3. The molecule has 15 rings (SSSR count). The maximum Gasteiger partial charge on any atom is 1.00 e. The quantitative estimate of drug-likeness (QED) is 0.0196. The van der Waals surface area contributed by atoms with Crippen LogP contribution in [-0.2, 0) is 123 Å². The molecule has 149 heavy (non-hydrogen) atoms. The van der Waals surface area contributed by atoms with Gasteiger partial charge in [-0.05, 0) is 380 Å². The van der Waals surface area contributed by atoms with E-state index in [1.165, 1.54) is 150 Å². The molecule has 3 amide bonds. The molecule has 808 valence electrons. The summed E-state index contributed by atoms with van der Waals surface area (Å²) < 4.78 is 60.7. The molecule has 7 aromatic rings. The zero-order valence-corrected chi connectivity index (χ0v) is 95.3. The van der Waals surface area contributed by atoms with E-state index in [2.05, 4.69) is 75.2 Å². The number of aliphatic carboxylic acids is 2. The number of hydrogen-bond donors (Lipinski definition) is 3. The molecule has 8 aliphatic rings. The standard InChI is InChI=1S/C34H45NO5.C31H38FNO4.C27H35NO5.C24H35NO3.C8H14.CH4.Na.H2O/c1-7-38-32(36)31(40-34(4,5)6)30-24(3)29-21-35(33(37)39-22-26-16-12-9-13-17-26)20-28(29)23(2)27(30)19-18-25-14-10-8-11-15-25;1-19-24(15-14-21-10-7-6-8-11-21)27(28(30(35)36)37-31(3,4)5)20(2)26-18-33(17-25(19)26)29(34)22-12-9-13-23(32)16-22;1-8-31-25(29)24(33-27(5,6)7)23-18(3)17(2)21-14-28(15-22(21)19(23)4)26(30)32-16-20-12-10-9-11-13-20;1-15-18(12-11-17-9-7-6-8-10-17)21(16(2)20-14-25-13-19(15)20)22(23(26)27)28-24(3,4)5;1-2-8-6-4-3-5-7-8;;;/h9,12-13,16-19,25,31H,7-8,10-11,14-15,20-22H2,1-6H3;9,12-16,21,28H,6-8,10-11,17-18H2,1-5H3,(H,35,36);9-13,24H,8,14-16H2,1-7H3;11-12,17,22,25H,6-10,13-14H2,1-5H3,(H,26,27);2,8H,1,3-7H2;1H4;;1H2/q;;;;;;+1;/p-1/b19-18+;15-14+;;12-11+;;;;/t31-;28-;24-;22-;;;;/m0000..../s1. The first-order valence-electron chi connectivity index (χ1n) is 53.6. The van der Waals surface area contributed by atoms with Gasteiger partial charge in [0.15, 0.2) is 24.4 Å². The molecule has 7 aromatic carbocycles. The Bertz CT molecular complexity index is 5810. The van der Waals surface area contributed by atoms with Crippen LogP contribution in [0.5, 0.6) is 0 Å². The van der Waals surface area contributed by atoms with Crippen LogP contribution in [0.15, 0.2) is 116 Å². The number of hydrogen-bond acceptors (Lipinski definition) is 17. The SMILES string of the molecule is C.C=CC1CCCCC1.CCOC(=O)[C@@H](OC(C)(C)C)c1c(C)c(C)c2c(c1C)CN(C(=O)OCc1ccccc1)C2.CCOC(=O)[C@@H](OC(C)(C)C)c1c(C)c2c(c(C)c1/C=C/C1CCCCC1)CN(C(=O)OCc1ccccc1)C2.Cc1c(/C=C/C2CCCCC2)c([C@H](OC(C)(C)C)C(=O)O)c(C)c2c1CN(C(=O)c1cccc(F)c1)C2.Cc1c(/C=C/C2CCCCC2)c([C@H](OC(C)(C)C)C(=O)O)c(C)c2c1CNC2.[Na+].[OH-]. The van der Waals surface area contributed by atoms with Crippen molar-refractivity contribution in [2.75, 3.05) is 13.2 Å². The molecule has 0 aromatic heterocycles. The molecule has 4 atom stereocenters. The minimum atomic E-state index is -1.14. The fourth-order valence-electron chi connectivity index (χ4n) is 21.9. The molecular weight excluding hydrogens is 1890 g/mol. The van der Waals surface area contributed by atoms with Crippen molar-refractivity contribution in [1.29, 1.82) is 0 Å². The number of esters is 2. The normalized spacial score (nSPS) is 16.7. The Morgan fingerprint density at radius 2 is 0.678 bits per heavy atom. The first-order valence-corrected chi connectivity index (χ1v) is 53.6. The molecule has 0 unspecified atom stereocenters. The van der Waals surface area contributed by atoms with Crippen LogP contribution < -0.4 is 34.9 Å². The topological polar surface area (TPSA) is 286 Å². The van der Waals surface area contributed by atoms with Gasteiger partial charge in [-0.15, -0.1) is 6.58 Å². The molecule has 0 spiro atoms. The van der Waals surface area contributed by atoms with Gasteiger partial charge in [0.1, 0.15) is 19.0 Å². The number of ether oxygens (including phenoxy) is 8. The van der Waals surface area contributed by atoms with Crippen LogP contribution in [0, 0.1) is 91.8 Å². The molecule has 0 saturated heterocycles. The number of carbonyl (C=O) groups is 7. The van der Waals surface area contributed by atoms with E-state index in [0.29, 0.717) is 68.1 Å². The van der Waals surface area contributed by atoms with E-state index >= 15 is 0 Å². The number of carboxylic acid groups (broad SMARTS) is 2. The molecule has 4 fully saturated rings. The molecule has 4 aliphatic carbocycles. The molecule has 24 heteroatoms. The number of rotatable bonds is 26. The Kier molecular flexibility index (Phi) is 47.2. The number of nitrogens with zero attached hydrogens (tertiary/aromatic N) is 3. The summed E-state index contributed by atoms with van der Waals surface area (Å²) in [4.78, 5) is 95.4. The van der Waals surface area contributed by atoms with E-state index in [-0.39, 0.29) is 93.0 Å². The largest absolute Gasteiger partial charge is 1.00 e. The summed E-state index contributed by atoms with van der Waals surface area (Å²) in [6.45, 7) is 53.9. The van der Waals surface area contributed by atoms with Crippen molar-refractivity contribution >= 4 is 60.2 Å². The van der Waals surface area contributed by atoms with Crippen molar-refractivity contribution in [1.82, 2.24) is 20.0 Å². The van der Waals surface area contributed by atoms with Gasteiger partial charge in [0, 0.05) is 74.6 Å². The molecular formula is C125H172FN4NaO18. The van der Waals surface area contributed by atoms with Crippen LogP contribution in [0.25, 0.3) is 18.2 Å². The van der Waals surface area contributed by atoms with Gasteiger partial charge in [-0.2, -0.15) is 0 Å². The molecule has 4 N–H and O–H groups in total. The predicted octanol–water partition coefficient (Wildman–Crippen LogP) is 26.4. The second kappa shape index (κ2) is 56.6. The molecule has 22 nitrogen and oxygen atoms in total. The third kappa shape index (κ3) is 33.8. The first kappa shape index (κ1) is 124. The Labute approximate surface area is 911 Å². The maximum absolute atomic E-state index is 13.8. The summed E-state index contributed by atoms with van der Waals surface area (Å²) in [7, 11) is 0. The number of fused-ring (bicyclic) bond motifs is 4. The maximum atomic E-state index is 13.8. The van der Waals surface area contributed by atoms with Crippen molar-refractivity contribution < 1.29 is 121 Å². The van der Waals surface area contributed by atoms with Gasteiger partial charge in [0.25, 0.3) is 5.91 Å². The van der Waals surface area contributed by atoms with Gasteiger partial charge < -0.3 is 63.8 Å². The Morgan fingerprint density at radius 3 is 1.01 bits per heavy atom. The van der Waals surface area contributed by atoms with Crippen LogP contribution >= 0.6 is 0 Å². The fourth-order valence-corrected chi connectivity index (χ4v) is 21.9. The third-order valence-electron chi connectivity index (χ3n) is 29.6. The summed E-state index contributed by atoms with van der Waals surface area (Å²) in [5, 5.41) is 23.7. The third-order valence-corrected chi connectivity index (χ3v) is 29.6. The van der Waals surface area contributed by atoms with Crippen molar-refractivity contribution in [3.63, 3.8) is 0 Å². The monoisotopic (exact) mass is 2060 g/mol. The van der Waals surface area contributed by atoms with Crippen LogP contribution in [0.3, 0.4) is 0 Å². The minimum absolute atomic E-state index is 0. The van der Waals surface area contributed by atoms with E-state index < -0.39 is 70.5 Å².